The topological polar surface area (TPSA) is 43.4 Å². The molecule has 0 aliphatic carbocycles. The normalized spacial score (nSPS) is 11.6. The van der Waals surface area contributed by atoms with Gasteiger partial charge in [0.25, 0.3) is 0 Å². The number of aryl methyl sites for hydroxylation is 1. The molecule has 96 valence electrons. The van der Waals surface area contributed by atoms with Crippen molar-refractivity contribution in [1.82, 2.24) is 10.5 Å². The molecule has 4 nitrogen and oxygen atoms in total. The van der Waals surface area contributed by atoms with Gasteiger partial charge in [-0.15, -0.1) is 0 Å². The Kier molecular flexibility index (Phi) is 4.48. The van der Waals surface area contributed by atoms with Crippen molar-refractivity contribution in [3.05, 3.63) is 23.0 Å². The Morgan fingerprint density at radius 1 is 1.29 bits per heavy atom. The van der Waals surface area contributed by atoms with Crippen molar-refractivity contribution in [2.75, 3.05) is 7.11 Å². The van der Waals surface area contributed by atoms with Crippen molar-refractivity contribution in [3.8, 4) is 5.75 Å². The van der Waals surface area contributed by atoms with Crippen LogP contribution in [0.1, 0.15) is 37.6 Å². The molecule has 0 saturated heterocycles. The largest absolute Gasteiger partial charge is 0.496 e. The lowest BCUT2D eigenvalue weighted by atomic mass is 10.1. The molecule has 1 heterocycles. The second kappa shape index (κ2) is 5.47. The van der Waals surface area contributed by atoms with Crippen LogP contribution in [0.2, 0.25) is 0 Å². The van der Waals surface area contributed by atoms with Gasteiger partial charge in [0.05, 0.1) is 24.9 Å². The molecule has 0 radical (unpaired) electrons. The smallest absolute Gasteiger partial charge is 0.128 e. The lowest BCUT2D eigenvalue weighted by molar-refractivity contribution is -0.0762. The molecule has 0 saturated carbocycles. The van der Waals surface area contributed by atoms with E-state index in [1.165, 1.54) is 0 Å². The van der Waals surface area contributed by atoms with Crippen LogP contribution in [-0.2, 0) is 11.4 Å². The van der Waals surface area contributed by atoms with Crippen LogP contribution in [0.5, 0.6) is 5.75 Å². The highest BCUT2D eigenvalue weighted by atomic mass is 16.7. The summed E-state index contributed by atoms with van der Waals surface area (Å²) in [5.41, 5.74) is 5.77. The second-order valence-corrected chi connectivity index (χ2v) is 5.08. The van der Waals surface area contributed by atoms with Crippen LogP contribution in [-0.4, -0.2) is 17.7 Å². The van der Waals surface area contributed by atoms with Crippen molar-refractivity contribution < 1.29 is 9.57 Å². The lowest BCUT2D eigenvalue weighted by Gasteiger charge is -2.20. The molecule has 17 heavy (non-hydrogen) atoms. The maximum atomic E-state index is 5.46. The Labute approximate surface area is 103 Å². The van der Waals surface area contributed by atoms with E-state index in [1.54, 1.807) is 7.11 Å². The van der Waals surface area contributed by atoms with E-state index < -0.39 is 0 Å². The summed E-state index contributed by atoms with van der Waals surface area (Å²) in [6, 6.07) is 0. The summed E-state index contributed by atoms with van der Waals surface area (Å²) in [5.74, 6) is 0.896. The first-order valence-electron chi connectivity index (χ1n) is 5.75. The number of nitrogens with zero attached hydrogens (tertiary/aromatic N) is 1. The molecule has 1 aromatic heterocycles. The number of ether oxygens (including phenoxy) is 1. The SMILES string of the molecule is COc1c(C)cnc(CNOC(C)(C)C)c1C. The Morgan fingerprint density at radius 2 is 1.94 bits per heavy atom. The third kappa shape index (κ3) is 3.98. The summed E-state index contributed by atoms with van der Waals surface area (Å²) in [4.78, 5) is 9.84. The fourth-order valence-corrected chi connectivity index (χ4v) is 1.57. The number of hydrogen-bond acceptors (Lipinski definition) is 4. The van der Waals surface area contributed by atoms with E-state index in [9.17, 15) is 0 Å². The number of methoxy groups -OCH3 is 1. The first-order valence-corrected chi connectivity index (χ1v) is 5.75. The molecule has 0 aliphatic heterocycles. The molecule has 0 spiro atoms. The third-order valence-electron chi connectivity index (χ3n) is 2.37. The number of pyridine rings is 1. The highest BCUT2D eigenvalue weighted by molar-refractivity contribution is 5.40. The van der Waals surface area contributed by atoms with E-state index in [0.29, 0.717) is 6.54 Å². The molecular weight excluding hydrogens is 216 g/mol. The Morgan fingerprint density at radius 3 is 2.47 bits per heavy atom. The second-order valence-electron chi connectivity index (χ2n) is 5.08. The third-order valence-corrected chi connectivity index (χ3v) is 2.37. The Balaban J connectivity index is 2.73. The van der Waals surface area contributed by atoms with Gasteiger partial charge in [0.15, 0.2) is 0 Å². The molecule has 0 amide bonds. The minimum Gasteiger partial charge on any atom is -0.496 e. The summed E-state index contributed by atoms with van der Waals surface area (Å²) < 4.78 is 5.36. The molecular formula is C13H22N2O2. The minimum atomic E-state index is -0.206. The summed E-state index contributed by atoms with van der Waals surface area (Å²) in [6.07, 6.45) is 1.82. The van der Waals surface area contributed by atoms with Crippen LogP contribution in [0, 0.1) is 13.8 Å². The van der Waals surface area contributed by atoms with Crippen LogP contribution in [0.15, 0.2) is 6.20 Å². The first kappa shape index (κ1) is 13.9. The van der Waals surface area contributed by atoms with Crippen molar-refractivity contribution in [1.29, 1.82) is 0 Å². The summed E-state index contributed by atoms with van der Waals surface area (Å²) in [5, 5.41) is 0. The van der Waals surface area contributed by atoms with Crippen molar-refractivity contribution in [2.45, 2.75) is 46.8 Å². The zero-order valence-corrected chi connectivity index (χ0v) is 11.5. The van der Waals surface area contributed by atoms with Crippen LogP contribution in [0.4, 0.5) is 0 Å². The summed E-state index contributed by atoms with van der Waals surface area (Å²) in [7, 11) is 1.68. The fourth-order valence-electron chi connectivity index (χ4n) is 1.57. The van der Waals surface area contributed by atoms with Crippen LogP contribution in [0.3, 0.4) is 0 Å². The first-order chi connectivity index (χ1) is 7.85. The zero-order chi connectivity index (χ0) is 13.1. The molecule has 1 aromatic rings. The van der Waals surface area contributed by atoms with E-state index in [4.69, 9.17) is 9.57 Å². The number of hydroxylamine groups is 1. The molecule has 1 rings (SSSR count). The van der Waals surface area contributed by atoms with Crippen LogP contribution < -0.4 is 10.2 Å². The fraction of sp³-hybridized carbons (Fsp3) is 0.615. The van der Waals surface area contributed by atoms with Crippen molar-refractivity contribution in [3.63, 3.8) is 0 Å². The monoisotopic (exact) mass is 238 g/mol. The van der Waals surface area contributed by atoms with E-state index in [0.717, 1.165) is 22.6 Å². The van der Waals surface area contributed by atoms with Gasteiger partial charge in [-0.3, -0.25) is 9.82 Å². The maximum Gasteiger partial charge on any atom is 0.128 e. The molecule has 0 fully saturated rings. The van der Waals surface area contributed by atoms with Crippen molar-refractivity contribution >= 4 is 0 Å². The highest BCUT2D eigenvalue weighted by Gasteiger charge is 2.12. The predicted octanol–water partition coefficient (Wildman–Crippen LogP) is 2.53. The number of hydrogen-bond donors (Lipinski definition) is 1. The van der Waals surface area contributed by atoms with Gasteiger partial charge in [-0.2, -0.15) is 5.48 Å². The van der Waals surface area contributed by atoms with Gasteiger partial charge in [-0.25, -0.2) is 0 Å². The zero-order valence-electron chi connectivity index (χ0n) is 11.5. The van der Waals surface area contributed by atoms with E-state index >= 15 is 0 Å². The average molecular weight is 238 g/mol. The predicted molar refractivity (Wildman–Crippen MR) is 67.9 cm³/mol. The van der Waals surface area contributed by atoms with Gasteiger partial charge in [0.1, 0.15) is 5.75 Å². The number of aromatic nitrogens is 1. The van der Waals surface area contributed by atoms with Gasteiger partial charge < -0.3 is 4.74 Å². The average Bonchev–Trinajstić information content (AvgIpc) is 2.20. The van der Waals surface area contributed by atoms with Crippen molar-refractivity contribution in [2.24, 2.45) is 0 Å². The molecule has 0 unspecified atom stereocenters. The quantitative estimate of drug-likeness (QED) is 0.819. The molecule has 0 atom stereocenters. The van der Waals surface area contributed by atoms with Gasteiger partial charge in [0, 0.05) is 17.3 Å². The van der Waals surface area contributed by atoms with Gasteiger partial charge in [-0.05, 0) is 34.6 Å². The Hall–Kier alpha value is -1.13. The van der Waals surface area contributed by atoms with Gasteiger partial charge in [0.2, 0.25) is 0 Å². The molecule has 0 bridgehead atoms. The maximum absolute atomic E-state index is 5.46. The van der Waals surface area contributed by atoms with Gasteiger partial charge >= 0.3 is 0 Å². The van der Waals surface area contributed by atoms with Crippen LogP contribution in [0.25, 0.3) is 0 Å². The summed E-state index contributed by atoms with van der Waals surface area (Å²) in [6.45, 7) is 10.6. The molecule has 0 aliphatic rings. The lowest BCUT2D eigenvalue weighted by Crippen LogP contribution is -2.29. The minimum absolute atomic E-state index is 0.206. The number of rotatable bonds is 4. The Bertz CT molecular complexity index is 384. The van der Waals surface area contributed by atoms with Gasteiger partial charge in [-0.1, -0.05) is 0 Å². The van der Waals surface area contributed by atoms with Crippen LogP contribution >= 0.6 is 0 Å². The van der Waals surface area contributed by atoms with E-state index in [-0.39, 0.29) is 5.60 Å². The molecule has 0 aromatic carbocycles. The number of nitrogens with one attached hydrogen (secondary N) is 1. The molecule has 1 N–H and O–H groups in total. The van der Waals surface area contributed by atoms with E-state index in [1.807, 2.05) is 40.8 Å². The standard InChI is InChI=1S/C13H22N2O2/c1-9-7-14-11(10(2)12(9)16-6)8-15-17-13(3,4)5/h7,15H,8H2,1-6H3. The molecule has 4 heteroatoms. The highest BCUT2D eigenvalue weighted by Crippen LogP contribution is 2.23. The summed E-state index contributed by atoms with van der Waals surface area (Å²) >= 11 is 0. The van der Waals surface area contributed by atoms with E-state index in [2.05, 4.69) is 10.5 Å².